The Hall–Kier alpha value is -1.42. The summed E-state index contributed by atoms with van der Waals surface area (Å²) in [4.78, 5) is 11.4. The van der Waals surface area contributed by atoms with Gasteiger partial charge in [0.1, 0.15) is 11.5 Å². The number of fused-ring (bicyclic) bond motifs is 1. The number of benzene rings is 1. The molecule has 0 aliphatic carbocycles. The molecular weight excluding hydrogens is 304 g/mol. The first-order chi connectivity index (χ1) is 10.7. The Balaban J connectivity index is 1.87. The molecule has 1 atom stereocenters. The number of carbonyl (C=O) groups is 1. The quantitative estimate of drug-likeness (QED) is 0.415. The number of halogens is 1. The van der Waals surface area contributed by atoms with E-state index in [9.17, 15) is 4.79 Å². The predicted octanol–water partition coefficient (Wildman–Crippen LogP) is 3.73. The first kappa shape index (κ1) is 16.9. The minimum Gasteiger partial charge on any atom is -0.493 e. The summed E-state index contributed by atoms with van der Waals surface area (Å²) in [5.41, 5.74) is 1.19. The van der Waals surface area contributed by atoms with Crippen LogP contribution in [0.1, 0.15) is 38.2 Å². The Bertz CT molecular complexity index is 490. The molecule has 0 saturated carbocycles. The van der Waals surface area contributed by atoms with Crippen LogP contribution in [0.2, 0.25) is 0 Å². The van der Waals surface area contributed by atoms with Gasteiger partial charge in [-0.15, -0.1) is 11.6 Å². The van der Waals surface area contributed by atoms with E-state index < -0.39 is 0 Å². The Labute approximate surface area is 136 Å². The molecule has 2 rings (SSSR count). The van der Waals surface area contributed by atoms with Gasteiger partial charge in [-0.2, -0.15) is 0 Å². The molecule has 0 bridgehead atoms. The monoisotopic (exact) mass is 326 g/mol. The summed E-state index contributed by atoms with van der Waals surface area (Å²) in [6.07, 6.45) is 3.87. The fraction of sp³-hybridized carbons (Fsp3) is 0.588. The molecule has 4 nitrogen and oxygen atoms in total. The Morgan fingerprint density at radius 2 is 2.32 bits per heavy atom. The van der Waals surface area contributed by atoms with Gasteiger partial charge in [-0.05, 0) is 44.2 Å². The molecular formula is C17H23ClO4. The van der Waals surface area contributed by atoms with Crippen LogP contribution in [0.4, 0.5) is 0 Å². The van der Waals surface area contributed by atoms with Crippen LogP contribution in [0.25, 0.3) is 0 Å². The second-order valence-corrected chi connectivity index (χ2v) is 5.66. The van der Waals surface area contributed by atoms with Crippen LogP contribution in [0.15, 0.2) is 18.2 Å². The van der Waals surface area contributed by atoms with Crippen molar-refractivity contribution in [2.75, 3.05) is 19.1 Å². The molecule has 1 aromatic carbocycles. The number of esters is 1. The summed E-state index contributed by atoms with van der Waals surface area (Å²) in [7, 11) is 0. The second-order valence-electron chi connectivity index (χ2n) is 5.28. The molecule has 1 aliphatic rings. The fourth-order valence-electron chi connectivity index (χ4n) is 2.46. The van der Waals surface area contributed by atoms with Gasteiger partial charge in [0.25, 0.3) is 0 Å². The molecule has 0 N–H and O–H groups in total. The van der Waals surface area contributed by atoms with Crippen LogP contribution >= 0.6 is 11.6 Å². The first-order valence-corrected chi connectivity index (χ1v) is 8.40. The third-order valence-electron chi connectivity index (χ3n) is 3.59. The number of hydrogen-bond acceptors (Lipinski definition) is 4. The van der Waals surface area contributed by atoms with E-state index in [0.717, 1.165) is 30.8 Å². The lowest BCUT2D eigenvalue weighted by molar-refractivity contribution is -0.143. The summed E-state index contributed by atoms with van der Waals surface area (Å²) >= 11 is 5.64. The molecule has 1 unspecified atom stereocenters. The van der Waals surface area contributed by atoms with Gasteiger partial charge in [-0.1, -0.05) is 6.07 Å². The van der Waals surface area contributed by atoms with Crippen molar-refractivity contribution >= 4 is 17.6 Å². The highest BCUT2D eigenvalue weighted by molar-refractivity contribution is 6.17. The van der Waals surface area contributed by atoms with Crippen LogP contribution in [0, 0.1) is 0 Å². The van der Waals surface area contributed by atoms with Crippen molar-refractivity contribution in [1.82, 2.24) is 0 Å². The zero-order valence-electron chi connectivity index (χ0n) is 13.0. The molecule has 122 valence electrons. The number of carbonyl (C=O) groups excluding carboxylic acids is 1. The lowest BCUT2D eigenvalue weighted by Crippen LogP contribution is -2.24. The van der Waals surface area contributed by atoms with Crippen LogP contribution in [-0.2, 0) is 16.0 Å². The number of aryl methyl sites for hydroxylation is 1. The summed E-state index contributed by atoms with van der Waals surface area (Å²) in [6.45, 7) is 2.85. The van der Waals surface area contributed by atoms with E-state index in [1.807, 2.05) is 25.1 Å². The Kier molecular flexibility index (Phi) is 6.84. The van der Waals surface area contributed by atoms with Crippen molar-refractivity contribution in [3.05, 3.63) is 23.8 Å². The maximum absolute atomic E-state index is 11.4. The van der Waals surface area contributed by atoms with E-state index in [-0.39, 0.29) is 12.1 Å². The second kappa shape index (κ2) is 8.89. The van der Waals surface area contributed by atoms with E-state index in [1.54, 1.807) is 0 Å². The Morgan fingerprint density at radius 1 is 1.45 bits per heavy atom. The topological polar surface area (TPSA) is 44.8 Å². The number of ether oxygens (including phenoxy) is 3. The molecule has 0 aromatic heterocycles. The zero-order chi connectivity index (χ0) is 15.8. The summed E-state index contributed by atoms with van der Waals surface area (Å²) < 4.78 is 16.6. The van der Waals surface area contributed by atoms with E-state index >= 15 is 0 Å². The lowest BCUT2D eigenvalue weighted by Gasteiger charge is -2.26. The smallest absolute Gasteiger partial charge is 0.305 e. The van der Waals surface area contributed by atoms with Gasteiger partial charge in [0.15, 0.2) is 0 Å². The van der Waals surface area contributed by atoms with Crippen LogP contribution in [-0.4, -0.2) is 31.2 Å². The average molecular weight is 327 g/mol. The molecule has 5 heteroatoms. The van der Waals surface area contributed by atoms with Crippen molar-refractivity contribution in [2.45, 2.75) is 45.1 Å². The SMILES string of the molecule is CCOC(=O)CCC1CCc2ccc(OCCCCl)cc2O1. The van der Waals surface area contributed by atoms with Gasteiger partial charge in [-0.3, -0.25) is 4.79 Å². The maximum atomic E-state index is 11.4. The van der Waals surface area contributed by atoms with Gasteiger partial charge >= 0.3 is 5.97 Å². The van der Waals surface area contributed by atoms with Crippen molar-refractivity contribution < 1.29 is 19.0 Å². The van der Waals surface area contributed by atoms with Gasteiger partial charge < -0.3 is 14.2 Å². The van der Waals surface area contributed by atoms with E-state index in [4.69, 9.17) is 25.8 Å². The van der Waals surface area contributed by atoms with E-state index in [0.29, 0.717) is 31.9 Å². The Morgan fingerprint density at radius 3 is 3.09 bits per heavy atom. The number of rotatable bonds is 8. The third-order valence-corrected chi connectivity index (χ3v) is 3.86. The standard InChI is InChI=1S/C17H23ClO4/c1-2-20-17(19)9-8-14-6-4-13-5-7-15(12-16(13)22-14)21-11-3-10-18/h5,7,12,14H,2-4,6,8-11H2,1H3. The maximum Gasteiger partial charge on any atom is 0.305 e. The summed E-state index contributed by atoms with van der Waals surface area (Å²) in [5, 5.41) is 0. The van der Waals surface area contributed by atoms with Crippen LogP contribution in [0.3, 0.4) is 0 Å². The molecule has 22 heavy (non-hydrogen) atoms. The highest BCUT2D eigenvalue weighted by Gasteiger charge is 2.21. The fourth-order valence-corrected chi connectivity index (χ4v) is 2.56. The van der Waals surface area contributed by atoms with Crippen LogP contribution in [0.5, 0.6) is 11.5 Å². The molecule has 1 heterocycles. The predicted molar refractivity (Wildman–Crippen MR) is 85.9 cm³/mol. The third kappa shape index (κ3) is 5.09. The number of alkyl halides is 1. The molecule has 0 radical (unpaired) electrons. The largest absolute Gasteiger partial charge is 0.493 e. The lowest BCUT2D eigenvalue weighted by atomic mass is 9.99. The van der Waals surface area contributed by atoms with Crippen LogP contribution < -0.4 is 9.47 Å². The van der Waals surface area contributed by atoms with Gasteiger partial charge in [-0.25, -0.2) is 0 Å². The zero-order valence-corrected chi connectivity index (χ0v) is 13.7. The van der Waals surface area contributed by atoms with Gasteiger partial charge in [0.2, 0.25) is 0 Å². The summed E-state index contributed by atoms with van der Waals surface area (Å²) in [6, 6.07) is 5.95. The van der Waals surface area contributed by atoms with Gasteiger partial charge in [0, 0.05) is 18.4 Å². The van der Waals surface area contributed by atoms with Crippen molar-refractivity contribution in [2.24, 2.45) is 0 Å². The van der Waals surface area contributed by atoms with Crippen molar-refractivity contribution in [3.63, 3.8) is 0 Å². The molecule has 0 saturated heterocycles. The molecule has 0 fully saturated rings. The minimum atomic E-state index is -0.157. The summed E-state index contributed by atoms with van der Waals surface area (Å²) in [5.74, 6) is 2.10. The first-order valence-electron chi connectivity index (χ1n) is 7.87. The highest BCUT2D eigenvalue weighted by atomic mass is 35.5. The minimum absolute atomic E-state index is 0.0648. The highest BCUT2D eigenvalue weighted by Crippen LogP contribution is 2.32. The van der Waals surface area contributed by atoms with E-state index in [1.165, 1.54) is 5.56 Å². The van der Waals surface area contributed by atoms with E-state index in [2.05, 4.69) is 0 Å². The normalized spacial score (nSPS) is 16.5. The van der Waals surface area contributed by atoms with Crippen molar-refractivity contribution in [3.8, 4) is 11.5 Å². The molecule has 1 aliphatic heterocycles. The average Bonchev–Trinajstić information content (AvgIpc) is 2.53. The van der Waals surface area contributed by atoms with Crippen molar-refractivity contribution in [1.29, 1.82) is 0 Å². The number of hydrogen-bond donors (Lipinski definition) is 0. The van der Waals surface area contributed by atoms with Gasteiger partial charge in [0.05, 0.1) is 19.3 Å². The molecule has 0 spiro atoms. The molecule has 0 amide bonds. The molecule has 1 aromatic rings.